The summed E-state index contributed by atoms with van der Waals surface area (Å²) >= 11 is 0. The number of carbonyl (C=O) groups excluding carboxylic acids is 1. The summed E-state index contributed by atoms with van der Waals surface area (Å²) in [4.78, 5) is 12.5. The molecule has 0 aromatic heterocycles. The van der Waals surface area contributed by atoms with E-state index in [4.69, 9.17) is 0 Å². The Balaban J connectivity index is 1.48. The number of benzene rings is 4. The van der Waals surface area contributed by atoms with E-state index in [9.17, 15) is 9.90 Å². The smallest absolute Gasteiger partial charge is 0.262 e. The highest BCUT2D eigenvalue weighted by atomic mass is 16.3. The Labute approximate surface area is 168 Å². The van der Waals surface area contributed by atoms with Gasteiger partial charge in [-0.1, -0.05) is 66.7 Å². The molecule has 29 heavy (non-hydrogen) atoms. The predicted octanol–water partition coefficient (Wildman–Crippen LogP) is 4.65. The van der Waals surface area contributed by atoms with E-state index in [1.807, 2.05) is 72.8 Å². The molecule has 1 atom stereocenters. The number of fused-ring (bicyclic) bond motifs is 2. The zero-order valence-corrected chi connectivity index (χ0v) is 16.0. The maximum absolute atomic E-state index is 12.5. The topological polar surface area (TPSA) is 73.7 Å². The maximum Gasteiger partial charge on any atom is 0.262 e. The molecule has 0 aliphatic carbocycles. The Kier molecular flexibility index (Phi) is 5.12. The number of carbonyl (C=O) groups is 1. The Hall–Kier alpha value is -3.86. The summed E-state index contributed by atoms with van der Waals surface area (Å²) in [6.45, 7) is 1.78. The van der Waals surface area contributed by atoms with E-state index in [1.165, 1.54) is 6.21 Å². The van der Waals surface area contributed by atoms with Gasteiger partial charge < -0.3 is 10.4 Å². The zero-order valence-electron chi connectivity index (χ0n) is 16.0. The van der Waals surface area contributed by atoms with Crippen LogP contribution < -0.4 is 10.7 Å². The fourth-order valence-electron chi connectivity index (χ4n) is 3.33. The molecular weight excluding hydrogens is 362 g/mol. The molecule has 1 amide bonds. The lowest BCUT2D eigenvalue weighted by Gasteiger charge is -2.15. The van der Waals surface area contributed by atoms with Gasteiger partial charge in [0.15, 0.2) is 0 Å². The standard InChI is InChI=1S/C24H21N3O2/c1-16(26-22-12-6-9-17-7-3-5-11-20(17)22)24(29)27-25-15-21-19-10-4-2-8-18(19)13-14-23(21)28/h2-16,26,28H,1H3,(H,27,29)/b25-15-/t16-/m1/s1. The monoisotopic (exact) mass is 383 g/mol. The van der Waals surface area contributed by atoms with Crippen molar-refractivity contribution in [2.75, 3.05) is 5.32 Å². The number of anilines is 1. The van der Waals surface area contributed by atoms with Crippen LogP contribution in [0.25, 0.3) is 21.5 Å². The molecule has 5 heteroatoms. The van der Waals surface area contributed by atoms with Crippen LogP contribution in [0.2, 0.25) is 0 Å². The predicted molar refractivity (Wildman–Crippen MR) is 118 cm³/mol. The Morgan fingerprint density at radius 2 is 1.55 bits per heavy atom. The van der Waals surface area contributed by atoms with Gasteiger partial charge in [0.25, 0.3) is 5.91 Å². The second-order valence-corrected chi connectivity index (χ2v) is 6.85. The Morgan fingerprint density at radius 1 is 0.897 bits per heavy atom. The highest BCUT2D eigenvalue weighted by molar-refractivity contribution is 6.02. The number of nitrogens with one attached hydrogen (secondary N) is 2. The molecular formula is C24H21N3O2. The zero-order chi connectivity index (χ0) is 20.2. The largest absolute Gasteiger partial charge is 0.507 e. The molecule has 4 aromatic rings. The van der Waals surface area contributed by atoms with Crippen LogP contribution in [0.15, 0.2) is 84.0 Å². The first kappa shape index (κ1) is 18.5. The van der Waals surface area contributed by atoms with Crippen molar-refractivity contribution < 1.29 is 9.90 Å². The molecule has 0 heterocycles. The molecule has 0 bridgehead atoms. The number of hydrazone groups is 1. The first-order valence-corrected chi connectivity index (χ1v) is 9.41. The fourth-order valence-corrected chi connectivity index (χ4v) is 3.33. The van der Waals surface area contributed by atoms with Crippen LogP contribution in [0.1, 0.15) is 12.5 Å². The fraction of sp³-hybridized carbons (Fsp3) is 0.0833. The minimum atomic E-state index is -0.487. The third-order valence-electron chi connectivity index (χ3n) is 4.87. The van der Waals surface area contributed by atoms with E-state index in [0.29, 0.717) is 5.56 Å². The first-order valence-electron chi connectivity index (χ1n) is 9.41. The van der Waals surface area contributed by atoms with Gasteiger partial charge in [0, 0.05) is 16.6 Å². The molecule has 0 aliphatic heterocycles. The summed E-state index contributed by atoms with van der Waals surface area (Å²) in [5, 5.41) is 21.5. The lowest BCUT2D eigenvalue weighted by atomic mass is 10.0. The third-order valence-corrected chi connectivity index (χ3v) is 4.87. The van der Waals surface area contributed by atoms with Crippen molar-refractivity contribution in [3.05, 3.63) is 84.4 Å². The maximum atomic E-state index is 12.5. The second-order valence-electron chi connectivity index (χ2n) is 6.85. The average Bonchev–Trinajstić information content (AvgIpc) is 2.75. The van der Waals surface area contributed by atoms with Gasteiger partial charge in [0.1, 0.15) is 11.8 Å². The van der Waals surface area contributed by atoms with Crippen LogP contribution in [0, 0.1) is 0 Å². The van der Waals surface area contributed by atoms with Gasteiger partial charge >= 0.3 is 0 Å². The summed E-state index contributed by atoms with van der Waals surface area (Å²) in [5.74, 6) is -0.155. The third kappa shape index (κ3) is 3.89. The van der Waals surface area contributed by atoms with Crippen molar-refractivity contribution in [3.8, 4) is 5.75 Å². The highest BCUT2D eigenvalue weighted by Gasteiger charge is 2.13. The van der Waals surface area contributed by atoms with E-state index in [1.54, 1.807) is 13.0 Å². The van der Waals surface area contributed by atoms with Gasteiger partial charge in [-0.15, -0.1) is 0 Å². The number of hydrogen-bond acceptors (Lipinski definition) is 4. The van der Waals surface area contributed by atoms with Crippen LogP contribution in [0.3, 0.4) is 0 Å². The van der Waals surface area contributed by atoms with Gasteiger partial charge in [-0.05, 0) is 35.2 Å². The van der Waals surface area contributed by atoms with Crippen LogP contribution in [0.5, 0.6) is 5.75 Å². The highest BCUT2D eigenvalue weighted by Crippen LogP contribution is 2.25. The molecule has 4 rings (SSSR count). The lowest BCUT2D eigenvalue weighted by molar-refractivity contribution is -0.121. The summed E-state index contributed by atoms with van der Waals surface area (Å²) in [6, 6.07) is 24.6. The number of phenols is 1. The van der Waals surface area contributed by atoms with Crippen molar-refractivity contribution in [1.82, 2.24) is 5.43 Å². The van der Waals surface area contributed by atoms with Crippen molar-refractivity contribution >= 4 is 39.4 Å². The molecule has 3 N–H and O–H groups in total. The summed E-state index contributed by atoms with van der Waals surface area (Å²) in [6.07, 6.45) is 1.47. The van der Waals surface area contributed by atoms with E-state index in [0.717, 1.165) is 27.2 Å². The lowest BCUT2D eigenvalue weighted by Crippen LogP contribution is -2.34. The van der Waals surface area contributed by atoms with E-state index in [2.05, 4.69) is 15.8 Å². The summed E-state index contributed by atoms with van der Waals surface area (Å²) < 4.78 is 0. The number of amides is 1. The van der Waals surface area contributed by atoms with Crippen molar-refractivity contribution in [2.24, 2.45) is 5.10 Å². The second kappa shape index (κ2) is 8.02. The van der Waals surface area contributed by atoms with Gasteiger partial charge in [-0.2, -0.15) is 5.10 Å². The van der Waals surface area contributed by atoms with E-state index in [-0.39, 0.29) is 11.7 Å². The van der Waals surface area contributed by atoms with Crippen molar-refractivity contribution in [3.63, 3.8) is 0 Å². The first-order chi connectivity index (χ1) is 14.1. The molecule has 144 valence electrons. The van der Waals surface area contributed by atoms with Crippen molar-refractivity contribution in [2.45, 2.75) is 13.0 Å². The normalized spacial score (nSPS) is 12.3. The molecule has 0 saturated carbocycles. The van der Waals surface area contributed by atoms with Crippen LogP contribution in [-0.4, -0.2) is 23.3 Å². The molecule has 0 saturated heterocycles. The SMILES string of the molecule is C[C@@H](Nc1cccc2ccccc12)C(=O)N/N=C\c1c(O)ccc2ccccc12. The quantitative estimate of drug-likeness (QED) is 0.347. The number of phenolic OH excluding ortho intramolecular Hbond substituents is 1. The molecule has 5 nitrogen and oxygen atoms in total. The van der Waals surface area contributed by atoms with E-state index < -0.39 is 6.04 Å². The minimum absolute atomic E-state index is 0.114. The molecule has 4 aromatic carbocycles. The molecule has 0 radical (unpaired) electrons. The van der Waals surface area contributed by atoms with Gasteiger partial charge in [0.05, 0.1) is 6.21 Å². The molecule has 0 unspecified atom stereocenters. The Morgan fingerprint density at radius 3 is 2.34 bits per heavy atom. The summed E-state index contributed by atoms with van der Waals surface area (Å²) in [7, 11) is 0. The van der Waals surface area contributed by atoms with Crippen LogP contribution in [0.4, 0.5) is 5.69 Å². The van der Waals surface area contributed by atoms with Gasteiger partial charge in [-0.25, -0.2) is 5.43 Å². The number of aromatic hydroxyl groups is 1. The number of nitrogens with zero attached hydrogens (tertiary/aromatic N) is 1. The van der Waals surface area contributed by atoms with Gasteiger partial charge in [0.2, 0.25) is 0 Å². The molecule has 0 aliphatic rings. The van der Waals surface area contributed by atoms with E-state index >= 15 is 0 Å². The van der Waals surface area contributed by atoms with Crippen LogP contribution >= 0.6 is 0 Å². The van der Waals surface area contributed by atoms with Crippen molar-refractivity contribution in [1.29, 1.82) is 0 Å². The molecule has 0 spiro atoms. The van der Waals surface area contributed by atoms with Crippen LogP contribution in [-0.2, 0) is 4.79 Å². The molecule has 0 fully saturated rings. The Bertz CT molecular complexity index is 1210. The number of hydrogen-bond donors (Lipinski definition) is 3. The van der Waals surface area contributed by atoms with Gasteiger partial charge in [-0.3, -0.25) is 4.79 Å². The summed E-state index contributed by atoms with van der Waals surface area (Å²) in [5.41, 5.74) is 4.01. The average molecular weight is 383 g/mol. The number of rotatable bonds is 5. The minimum Gasteiger partial charge on any atom is -0.507 e.